The predicted molar refractivity (Wildman–Crippen MR) is 111 cm³/mol. The zero-order valence-corrected chi connectivity index (χ0v) is 17.9. The molecule has 1 amide bonds. The van der Waals surface area contributed by atoms with Crippen molar-refractivity contribution in [1.82, 2.24) is 9.47 Å². The highest BCUT2D eigenvalue weighted by Crippen LogP contribution is 2.54. The van der Waals surface area contributed by atoms with Gasteiger partial charge in [-0.3, -0.25) is 14.4 Å². The molecule has 1 spiro atoms. The van der Waals surface area contributed by atoms with E-state index in [1.807, 2.05) is 6.92 Å². The van der Waals surface area contributed by atoms with Gasteiger partial charge in [0, 0.05) is 44.8 Å². The number of pyridine rings is 1. The van der Waals surface area contributed by atoms with Gasteiger partial charge in [0.15, 0.2) is 17.2 Å². The maximum Gasteiger partial charge on any atom is 0.274 e. The smallest absolute Gasteiger partial charge is 0.274 e. The standard InChI is InChI=1S/C23H24F2N2O5/c1-3-26-12-23(9-14(23)11-32-2)27-10-16(20(29)21(30)19(27)22(26)31)18(28)7-5-13-4-6-15(24)8-17(13)25/h4,6,8,10,14,30H,3,5,7,9,11-12H2,1-2H3. The molecule has 1 aliphatic heterocycles. The number of Topliss-reactive ketones (excluding diaryl/α,β-unsaturated/α-hetero) is 1. The number of aromatic hydroxyl groups is 1. The molecule has 1 fully saturated rings. The van der Waals surface area contributed by atoms with E-state index in [0.717, 1.165) is 12.1 Å². The van der Waals surface area contributed by atoms with Crippen LogP contribution in [-0.2, 0) is 16.7 Å². The van der Waals surface area contributed by atoms with Gasteiger partial charge in [0.25, 0.3) is 5.91 Å². The van der Waals surface area contributed by atoms with Gasteiger partial charge in [-0.1, -0.05) is 6.07 Å². The first-order chi connectivity index (χ1) is 15.2. The number of benzene rings is 1. The highest BCUT2D eigenvalue weighted by molar-refractivity contribution is 6.00. The molecule has 9 heteroatoms. The summed E-state index contributed by atoms with van der Waals surface area (Å²) < 4.78 is 33.8. The maximum absolute atomic E-state index is 13.9. The Kier molecular flexibility index (Phi) is 5.62. The van der Waals surface area contributed by atoms with E-state index in [0.29, 0.717) is 26.1 Å². The van der Waals surface area contributed by atoms with Crippen molar-refractivity contribution in [2.45, 2.75) is 31.7 Å². The third-order valence-electron chi connectivity index (χ3n) is 6.50. The van der Waals surface area contributed by atoms with Crippen LogP contribution in [-0.4, -0.2) is 53.1 Å². The van der Waals surface area contributed by atoms with Crippen molar-refractivity contribution < 1.29 is 28.2 Å². The van der Waals surface area contributed by atoms with Crippen LogP contribution in [0.2, 0.25) is 0 Å². The van der Waals surface area contributed by atoms with E-state index in [1.54, 1.807) is 16.6 Å². The minimum atomic E-state index is -0.925. The summed E-state index contributed by atoms with van der Waals surface area (Å²) >= 11 is 0. The summed E-state index contributed by atoms with van der Waals surface area (Å²) in [5, 5.41) is 10.6. The van der Waals surface area contributed by atoms with Crippen molar-refractivity contribution in [3.63, 3.8) is 0 Å². The van der Waals surface area contributed by atoms with Crippen LogP contribution in [0.15, 0.2) is 29.2 Å². The number of aromatic nitrogens is 1. The number of fused-ring (bicyclic) bond motifs is 2. The number of carbonyl (C=O) groups is 2. The summed E-state index contributed by atoms with van der Waals surface area (Å²) in [6.07, 6.45) is 1.78. The van der Waals surface area contributed by atoms with Gasteiger partial charge in [0.05, 0.1) is 17.7 Å². The fourth-order valence-electron chi connectivity index (χ4n) is 4.62. The Morgan fingerprint density at radius 1 is 1.31 bits per heavy atom. The normalized spacial score (nSPS) is 21.7. The van der Waals surface area contributed by atoms with Crippen LogP contribution < -0.4 is 5.43 Å². The number of methoxy groups -OCH3 is 1. The predicted octanol–water partition coefficient (Wildman–Crippen LogP) is 2.48. The molecule has 1 N–H and O–H groups in total. The van der Waals surface area contributed by atoms with Crippen LogP contribution in [0.4, 0.5) is 8.78 Å². The second-order valence-electron chi connectivity index (χ2n) is 8.38. The molecule has 0 radical (unpaired) electrons. The Bertz CT molecular complexity index is 1160. The summed E-state index contributed by atoms with van der Waals surface area (Å²) in [7, 11) is 1.57. The molecule has 7 nitrogen and oxygen atoms in total. The number of ether oxygens (including phenoxy) is 1. The van der Waals surface area contributed by atoms with E-state index in [9.17, 15) is 28.3 Å². The van der Waals surface area contributed by atoms with Crippen molar-refractivity contribution in [3.8, 4) is 5.75 Å². The number of nitrogens with zero attached hydrogens (tertiary/aromatic N) is 2. The van der Waals surface area contributed by atoms with Gasteiger partial charge >= 0.3 is 0 Å². The first-order valence-electron chi connectivity index (χ1n) is 10.5. The summed E-state index contributed by atoms with van der Waals surface area (Å²) in [5.41, 5.74) is -1.71. The topological polar surface area (TPSA) is 88.8 Å². The molecule has 170 valence electrons. The second kappa shape index (κ2) is 8.12. The summed E-state index contributed by atoms with van der Waals surface area (Å²) in [4.78, 5) is 40.1. The van der Waals surface area contributed by atoms with E-state index in [1.165, 1.54) is 12.3 Å². The number of amides is 1. The van der Waals surface area contributed by atoms with Crippen LogP contribution in [0.5, 0.6) is 5.75 Å². The van der Waals surface area contributed by atoms with Crippen molar-refractivity contribution in [2.75, 3.05) is 26.8 Å². The van der Waals surface area contributed by atoms with Crippen molar-refractivity contribution in [1.29, 1.82) is 0 Å². The molecule has 1 aliphatic carbocycles. The number of rotatable bonds is 7. The van der Waals surface area contributed by atoms with Gasteiger partial charge in [0.2, 0.25) is 5.43 Å². The molecule has 32 heavy (non-hydrogen) atoms. The van der Waals surface area contributed by atoms with Gasteiger partial charge in [0.1, 0.15) is 11.6 Å². The van der Waals surface area contributed by atoms with E-state index < -0.39 is 40.0 Å². The third kappa shape index (κ3) is 3.50. The SMILES string of the molecule is CCN1CC2(CC2COC)n2cc(C(=O)CCc3ccc(F)cc3F)c(=O)c(O)c2C1=O. The minimum absolute atomic E-state index is 0.0348. The molecule has 1 aromatic heterocycles. The molecular weight excluding hydrogens is 422 g/mol. The van der Waals surface area contributed by atoms with Gasteiger partial charge in [-0.05, 0) is 31.4 Å². The quantitative estimate of drug-likeness (QED) is 0.661. The average Bonchev–Trinajstić information content (AvgIpc) is 3.44. The minimum Gasteiger partial charge on any atom is -0.503 e. The number of aryl methyl sites for hydroxylation is 1. The lowest BCUT2D eigenvalue weighted by Crippen LogP contribution is -2.49. The van der Waals surface area contributed by atoms with E-state index in [2.05, 4.69) is 0 Å². The zero-order valence-electron chi connectivity index (χ0n) is 17.9. The Morgan fingerprint density at radius 3 is 2.72 bits per heavy atom. The van der Waals surface area contributed by atoms with E-state index in [-0.39, 0.29) is 35.6 Å². The van der Waals surface area contributed by atoms with Gasteiger partial charge in [-0.25, -0.2) is 8.78 Å². The number of hydrogen-bond donors (Lipinski definition) is 1. The number of carbonyl (C=O) groups excluding carboxylic acids is 2. The fourth-order valence-corrected chi connectivity index (χ4v) is 4.62. The Balaban J connectivity index is 1.70. The van der Waals surface area contributed by atoms with Crippen LogP contribution in [0.3, 0.4) is 0 Å². The summed E-state index contributed by atoms with van der Waals surface area (Å²) in [6, 6.07) is 3.08. The zero-order chi connectivity index (χ0) is 23.2. The van der Waals surface area contributed by atoms with Crippen LogP contribution in [0.25, 0.3) is 0 Å². The first kappa shape index (κ1) is 22.1. The largest absolute Gasteiger partial charge is 0.503 e. The van der Waals surface area contributed by atoms with Crippen molar-refractivity contribution in [3.05, 3.63) is 63.1 Å². The van der Waals surface area contributed by atoms with E-state index >= 15 is 0 Å². The van der Waals surface area contributed by atoms with Crippen molar-refractivity contribution >= 4 is 11.7 Å². The monoisotopic (exact) mass is 446 g/mol. The van der Waals surface area contributed by atoms with Gasteiger partial charge in [-0.15, -0.1) is 0 Å². The lowest BCUT2D eigenvalue weighted by molar-refractivity contribution is 0.0622. The van der Waals surface area contributed by atoms with Crippen molar-refractivity contribution in [2.24, 2.45) is 5.92 Å². The molecule has 0 saturated heterocycles. The molecule has 2 aliphatic rings. The lowest BCUT2D eigenvalue weighted by Gasteiger charge is -2.37. The molecular formula is C23H24F2N2O5. The molecule has 2 heterocycles. The Hall–Kier alpha value is -3.07. The van der Waals surface area contributed by atoms with Gasteiger partial charge in [-0.2, -0.15) is 0 Å². The highest BCUT2D eigenvalue weighted by atomic mass is 19.1. The maximum atomic E-state index is 13.9. The summed E-state index contributed by atoms with van der Waals surface area (Å²) in [6.45, 7) is 3.06. The summed E-state index contributed by atoms with van der Waals surface area (Å²) in [5.74, 6) is -3.24. The Morgan fingerprint density at radius 2 is 2.06 bits per heavy atom. The lowest BCUT2D eigenvalue weighted by atomic mass is 10.00. The average molecular weight is 446 g/mol. The molecule has 1 aromatic carbocycles. The number of ketones is 1. The Labute approximate surface area is 183 Å². The van der Waals surface area contributed by atoms with Crippen LogP contribution in [0, 0.1) is 17.6 Å². The number of likely N-dealkylation sites (N-methyl/N-ethyl adjacent to an activating group) is 1. The number of halogens is 2. The molecule has 2 unspecified atom stereocenters. The molecule has 1 saturated carbocycles. The number of hydrogen-bond acceptors (Lipinski definition) is 5. The first-order valence-corrected chi connectivity index (χ1v) is 10.5. The van der Waals surface area contributed by atoms with Crippen LogP contribution >= 0.6 is 0 Å². The molecule has 4 rings (SSSR count). The fraction of sp³-hybridized carbons (Fsp3) is 0.435. The molecule has 2 aromatic rings. The highest BCUT2D eigenvalue weighted by Gasteiger charge is 2.60. The third-order valence-corrected chi connectivity index (χ3v) is 6.50. The van der Waals surface area contributed by atoms with Gasteiger partial charge < -0.3 is 19.3 Å². The molecule has 0 bridgehead atoms. The second-order valence-corrected chi connectivity index (χ2v) is 8.38. The van der Waals surface area contributed by atoms with E-state index in [4.69, 9.17) is 4.74 Å². The molecule has 2 atom stereocenters. The van der Waals surface area contributed by atoms with Crippen LogP contribution in [0.1, 0.15) is 46.2 Å².